The largest absolute Gasteiger partial charge is 0.354 e. The Labute approximate surface area is 225 Å². The molecule has 3 fully saturated rings. The Kier molecular flexibility index (Phi) is 8.69. The summed E-state index contributed by atoms with van der Waals surface area (Å²) in [6, 6.07) is 10.3. The van der Waals surface area contributed by atoms with Crippen LogP contribution in [0.5, 0.6) is 0 Å². The fourth-order valence-electron chi connectivity index (χ4n) is 6.19. The molecule has 3 N–H and O–H groups in total. The molecule has 0 bridgehead atoms. The Balaban J connectivity index is 1.29. The van der Waals surface area contributed by atoms with Crippen LogP contribution in [0.25, 0.3) is 0 Å². The number of aromatic nitrogens is 1. The molecule has 2 saturated carbocycles. The van der Waals surface area contributed by atoms with Crippen LogP contribution in [0.15, 0.2) is 48.8 Å². The molecule has 0 spiro atoms. The van der Waals surface area contributed by atoms with E-state index in [4.69, 9.17) is 5.73 Å². The molecule has 1 unspecified atom stereocenters. The molecule has 2 heterocycles. The summed E-state index contributed by atoms with van der Waals surface area (Å²) in [6.45, 7) is 2.63. The van der Waals surface area contributed by atoms with Gasteiger partial charge in [-0.25, -0.2) is 4.39 Å². The number of carbonyl (C=O) groups is 2. The van der Waals surface area contributed by atoms with Crippen LogP contribution in [0.1, 0.15) is 67.3 Å². The summed E-state index contributed by atoms with van der Waals surface area (Å²) >= 11 is 0. The Morgan fingerprint density at radius 2 is 1.74 bits per heavy atom. The van der Waals surface area contributed by atoms with Crippen LogP contribution in [-0.2, 0) is 11.3 Å². The van der Waals surface area contributed by atoms with Crippen LogP contribution in [0.3, 0.4) is 0 Å². The van der Waals surface area contributed by atoms with Crippen molar-refractivity contribution in [2.75, 3.05) is 19.6 Å². The lowest BCUT2D eigenvalue weighted by atomic mass is 9.82. The minimum atomic E-state index is -0.531. The standard InChI is InChI=1S/C30H40FN5O2/c31-25-9-7-23(8-10-25)20-36(26-11-12-26)27-13-15-35(30(38)24-2-1-14-33-19-24)28(16-27)29(37)34-18-22-5-3-21(17-32)4-6-22/h1-2,7-10,14,19,21-22,26-28H,3-6,11-13,15-18,20,32H2,(H,34,37)/t21?,22?,27?,28-/m1/s1. The number of nitrogens with two attached hydrogens (primary N) is 1. The van der Waals surface area contributed by atoms with Gasteiger partial charge in [0, 0.05) is 44.1 Å². The molecular formula is C30H40FN5O2. The van der Waals surface area contributed by atoms with Gasteiger partial charge < -0.3 is 16.0 Å². The van der Waals surface area contributed by atoms with E-state index >= 15 is 0 Å². The van der Waals surface area contributed by atoms with Crippen molar-refractivity contribution < 1.29 is 14.0 Å². The predicted molar refractivity (Wildman–Crippen MR) is 145 cm³/mol. The molecule has 204 valence electrons. The van der Waals surface area contributed by atoms with E-state index in [-0.39, 0.29) is 23.7 Å². The van der Waals surface area contributed by atoms with E-state index in [1.165, 1.54) is 12.1 Å². The summed E-state index contributed by atoms with van der Waals surface area (Å²) in [5.41, 5.74) is 7.42. The molecule has 1 aromatic heterocycles. The van der Waals surface area contributed by atoms with Crippen LogP contribution in [-0.4, -0.2) is 64.4 Å². The maximum atomic E-state index is 13.7. The Morgan fingerprint density at radius 1 is 1.00 bits per heavy atom. The highest BCUT2D eigenvalue weighted by atomic mass is 19.1. The number of carbonyl (C=O) groups excluding carboxylic acids is 2. The predicted octanol–water partition coefficient (Wildman–Crippen LogP) is 3.74. The minimum Gasteiger partial charge on any atom is -0.354 e. The normalized spacial score (nSPS) is 25.8. The molecule has 5 rings (SSSR count). The number of halogens is 1. The fraction of sp³-hybridized carbons (Fsp3) is 0.567. The summed E-state index contributed by atoms with van der Waals surface area (Å²) < 4.78 is 13.5. The number of benzene rings is 1. The first-order valence-electron chi connectivity index (χ1n) is 14.2. The SMILES string of the molecule is NCC1CCC(CNC(=O)[C@H]2CC(N(Cc3ccc(F)cc3)C3CC3)CCN2C(=O)c2cccnc2)CC1. The molecule has 2 aromatic rings. The van der Waals surface area contributed by atoms with Gasteiger partial charge >= 0.3 is 0 Å². The van der Waals surface area contributed by atoms with Crippen LogP contribution in [0.2, 0.25) is 0 Å². The Hall–Kier alpha value is -2.84. The minimum absolute atomic E-state index is 0.0644. The van der Waals surface area contributed by atoms with Crippen LogP contribution < -0.4 is 11.1 Å². The topological polar surface area (TPSA) is 91.6 Å². The summed E-state index contributed by atoms with van der Waals surface area (Å²) in [7, 11) is 0. The van der Waals surface area contributed by atoms with Gasteiger partial charge in [-0.05, 0) is 99.6 Å². The quantitative estimate of drug-likeness (QED) is 0.525. The average Bonchev–Trinajstić information content (AvgIpc) is 3.81. The van der Waals surface area contributed by atoms with Crippen molar-refractivity contribution in [3.63, 3.8) is 0 Å². The lowest BCUT2D eigenvalue weighted by Gasteiger charge is -2.43. The lowest BCUT2D eigenvalue weighted by Crippen LogP contribution is -2.58. The van der Waals surface area contributed by atoms with Crippen LogP contribution >= 0.6 is 0 Å². The highest BCUT2D eigenvalue weighted by Crippen LogP contribution is 2.35. The van der Waals surface area contributed by atoms with Crippen molar-refractivity contribution in [1.82, 2.24) is 20.1 Å². The second kappa shape index (κ2) is 12.3. The molecule has 1 aliphatic heterocycles. The van der Waals surface area contributed by atoms with Gasteiger partial charge in [-0.2, -0.15) is 0 Å². The smallest absolute Gasteiger partial charge is 0.256 e. The van der Waals surface area contributed by atoms with Crippen molar-refractivity contribution in [1.29, 1.82) is 0 Å². The molecule has 7 nitrogen and oxygen atoms in total. The number of rotatable bonds is 9. The number of hydrogen-bond acceptors (Lipinski definition) is 5. The Morgan fingerprint density at radius 3 is 2.39 bits per heavy atom. The van der Waals surface area contributed by atoms with Crippen molar-refractivity contribution in [3.8, 4) is 0 Å². The van der Waals surface area contributed by atoms with Gasteiger partial charge in [-0.1, -0.05) is 12.1 Å². The average molecular weight is 522 g/mol. The van der Waals surface area contributed by atoms with Gasteiger partial charge in [0.15, 0.2) is 0 Å². The molecule has 38 heavy (non-hydrogen) atoms. The maximum absolute atomic E-state index is 13.7. The highest BCUT2D eigenvalue weighted by molar-refractivity contribution is 5.97. The van der Waals surface area contributed by atoms with Gasteiger partial charge in [-0.15, -0.1) is 0 Å². The molecule has 0 radical (unpaired) electrons. The van der Waals surface area contributed by atoms with E-state index in [1.54, 1.807) is 29.4 Å². The lowest BCUT2D eigenvalue weighted by molar-refractivity contribution is -0.128. The highest BCUT2D eigenvalue weighted by Gasteiger charge is 2.42. The van der Waals surface area contributed by atoms with Gasteiger partial charge in [0.1, 0.15) is 11.9 Å². The number of likely N-dealkylation sites (tertiary alicyclic amines) is 1. The molecule has 8 heteroatoms. The van der Waals surface area contributed by atoms with E-state index in [2.05, 4.69) is 15.2 Å². The summed E-state index contributed by atoms with van der Waals surface area (Å²) in [6.07, 6.45) is 11.3. The monoisotopic (exact) mass is 521 g/mol. The molecular weight excluding hydrogens is 481 g/mol. The number of nitrogens with one attached hydrogen (secondary N) is 1. The molecule has 1 aromatic carbocycles. The Bertz CT molecular complexity index is 1070. The molecule has 3 aliphatic rings. The maximum Gasteiger partial charge on any atom is 0.256 e. The van der Waals surface area contributed by atoms with E-state index in [0.717, 1.165) is 63.6 Å². The van der Waals surface area contributed by atoms with E-state index < -0.39 is 6.04 Å². The summed E-state index contributed by atoms with van der Waals surface area (Å²) in [5, 5.41) is 3.21. The van der Waals surface area contributed by atoms with Crippen molar-refractivity contribution in [2.45, 2.75) is 76.0 Å². The third-order valence-corrected chi connectivity index (χ3v) is 8.67. The second-order valence-electron chi connectivity index (χ2n) is 11.3. The van der Waals surface area contributed by atoms with Gasteiger partial charge in [0.25, 0.3) is 5.91 Å². The summed E-state index contributed by atoms with van der Waals surface area (Å²) in [5.74, 6) is 0.623. The zero-order valence-electron chi connectivity index (χ0n) is 22.1. The summed E-state index contributed by atoms with van der Waals surface area (Å²) in [4.78, 5) is 35.5. The zero-order valence-corrected chi connectivity index (χ0v) is 22.1. The molecule has 1 saturated heterocycles. The molecule has 2 amide bonds. The molecule has 2 aliphatic carbocycles. The van der Waals surface area contributed by atoms with Crippen LogP contribution in [0, 0.1) is 17.7 Å². The van der Waals surface area contributed by atoms with Gasteiger partial charge in [0.2, 0.25) is 5.91 Å². The zero-order chi connectivity index (χ0) is 26.5. The van der Waals surface area contributed by atoms with Crippen molar-refractivity contribution in [3.05, 3.63) is 65.7 Å². The van der Waals surface area contributed by atoms with Crippen molar-refractivity contribution >= 4 is 11.8 Å². The second-order valence-corrected chi connectivity index (χ2v) is 11.3. The van der Waals surface area contributed by atoms with Gasteiger partial charge in [-0.3, -0.25) is 19.5 Å². The van der Waals surface area contributed by atoms with E-state index in [9.17, 15) is 14.0 Å². The first-order chi connectivity index (χ1) is 18.5. The van der Waals surface area contributed by atoms with Gasteiger partial charge in [0.05, 0.1) is 5.56 Å². The number of piperidine rings is 1. The van der Waals surface area contributed by atoms with E-state index in [0.29, 0.717) is 43.0 Å². The third-order valence-electron chi connectivity index (χ3n) is 8.67. The molecule has 2 atom stereocenters. The van der Waals surface area contributed by atoms with Crippen LogP contribution in [0.4, 0.5) is 4.39 Å². The first kappa shape index (κ1) is 26.8. The van der Waals surface area contributed by atoms with E-state index in [1.807, 2.05) is 12.1 Å². The number of amides is 2. The number of nitrogens with zero attached hydrogens (tertiary/aromatic N) is 3. The fourth-order valence-corrected chi connectivity index (χ4v) is 6.19. The third kappa shape index (κ3) is 6.59. The first-order valence-corrected chi connectivity index (χ1v) is 14.2. The number of hydrogen-bond donors (Lipinski definition) is 2. The number of pyridine rings is 1. The van der Waals surface area contributed by atoms with Crippen molar-refractivity contribution in [2.24, 2.45) is 17.6 Å².